The maximum atomic E-state index is 13.1. The summed E-state index contributed by atoms with van der Waals surface area (Å²) in [6, 6.07) is 14.1. The van der Waals surface area contributed by atoms with Crippen LogP contribution in [0.2, 0.25) is 0 Å². The van der Waals surface area contributed by atoms with Crippen LogP contribution in [-0.4, -0.2) is 48.1 Å². The smallest absolute Gasteiger partial charge is 0.322 e. The Morgan fingerprint density at radius 1 is 1.27 bits per heavy atom. The van der Waals surface area contributed by atoms with Crippen LogP contribution in [0.15, 0.2) is 60.9 Å². The van der Waals surface area contributed by atoms with Gasteiger partial charge in [-0.2, -0.15) is 5.10 Å². The number of ether oxygens (including phenoxy) is 1. The van der Waals surface area contributed by atoms with Gasteiger partial charge < -0.3 is 20.9 Å². The third-order valence-electron chi connectivity index (χ3n) is 4.82. The summed E-state index contributed by atoms with van der Waals surface area (Å²) in [5.74, 6) is 0.662. The molecular weight excluding hydrogens is 382 g/mol. The first kappa shape index (κ1) is 21.4. The predicted molar refractivity (Wildman–Crippen MR) is 116 cm³/mol. The van der Waals surface area contributed by atoms with Gasteiger partial charge in [0.15, 0.2) is 0 Å². The van der Waals surface area contributed by atoms with E-state index in [1.54, 1.807) is 24.3 Å². The Labute approximate surface area is 175 Å². The van der Waals surface area contributed by atoms with Crippen LogP contribution >= 0.6 is 0 Å². The fraction of sp³-hybridized carbons (Fsp3) is 0.273. The van der Waals surface area contributed by atoms with E-state index in [0.29, 0.717) is 25.3 Å². The molecule has 1 atom stereocenters. The minimum atomic E-state index is -0.557. The zero-order valence-electron chi connectivity index (χ0n) is 16.9. The van der Waals surface area contributed by atoms with Crippen molar-refractivity contribution in [2.45, 2.75) is 12.5 Å². The average Bonchev–Trinajstić information content (AvgIpc) is 3.33. The number of aliphatic hydroxyl groups excluding tert-OH is 1. The molecule has 0 aliphatic carbocycles. The van der Waals surface area contributed by atoms with E-state index in [4.69, 9.17) is 10.5 Å². The van der Waals surface area contributed by atoms with Gasteiger partial charge >= 0.3 is 6.03 Å². The van der Waals surface area contributed by atoms with Gasteiger partial charge in [-0.05, 0) is 48.4 Å². The largest absolute Gasteiger partial charge is 0.497 e. The molecule has 0 saturated carbocycles. The monoisotopic (exact) mass is 409 g/mol. The molecule has 0 spiro atoms. The summed E-state index contributed by atoms with van der Waals surface area (Å²) >= 11 is 0. The zero-order valence-corrected chi connectivity index (χ0v) is 16.9. The number of anilines is 1. The first-order valence-corrected chi connectivity index (χ1v) is 9.78. The van der Waals surface area contributed by atoms with Crippen LogP contribution < -0.4 is 20.7 Å². The molecule has 3 aromatic rings. The van der Waals surface area contributed by atoms with Crippen LogP contribution in [0.1, 0.15) is 18.0 Å². The van der Waals surface area contributed by atoms with Crippen LogP contribution in [-0.2, 0) is 0 Å². The Kier molecular flexibility index (Phi) is 7.42. The molecule has 8 heteroatoms. The van der Waals surface area contributed by atoms with Crippen LogP contribution in [0, 0.1) is 0 Å². The number of aromatic amines is 1. The van der Waals surface area contributed by atoms with Crippen molar-refractivity contribution in [2.24, 2.45) is 5.73 Å². The van der Waals surface area contributed by atoms with Crippen molar-refractivity contribution in [1.82, 2.24) is 15.5 Å². The minimum absolute atomic E-state index is 0.233. The third-order valence-corrected chi connectivity index (χ3v) is 4.82. The number of nitrogens with two attached hydrogens (primary N) is 1. The number of carbonyl (C=O) groups is 1. The fourth-order valence-electron chi connectivity index (χ4n) is 3.16. The molecule has 1 aromatic heterocycles. The molecule has 158 valence electrons. The maximum Gasteiger partial charge on any atom is 0.322 e. The number of urea groups is 1. The standard InChI is InChI=1S/C22H27N5O3/c1-30-20-5-2-4-17(12-20)21(15-28)26-22(29)27(11-3-10-23)19-8-6-16(7-9-19)18-13-24-25-14-18/h2,4-9,12-14,21,28H,3,10-11,15,23H2,1H3,(H,24,25)(H,26,29). The lowest BCUT2D eigenvalue weighted by Gasteiger charge is -2.26. The highest BCUT2D eigenvalue weighted by atomic mass is 16.5. The highest BCUT2D eigenvalue weighted by molar-refractivity contribution is 5.92. The number of nitrogens with one attached hydrogen (secondary N) is 2. The van der Waals surface area contributed by atoms with Crippen molar-refractivity contribution in [3.8, 4) is 16.9 Å². The topological polar surface area (TPSA) is 116 Å². The van der Waals surface area contributed by atoms with Gasteiger partial charge in [-0.1, -0.05) is 24.3 Å². The van der Waals surface area contributed by atoms with E-state index in [1.807, 2.05) is 48.7 Å². The number of methoxy groups -OCH3 is 1. The number of nitrogens with zero attached hydrogens (tertiary/aromatic N) is 2. The lowest BCUT2D eigenvalue weighted by molar-refractivity contribution is 0.221. The van der Waals surface area contributed by atoms with E-state index in [9.17, 15) is 9.90 Å². The predicted octanol–water partition coefficient (Wildman–Crippen LogP) is 2.68. The van der Waals surface area contributed by atoms with E-state index >= 15 is 0 Å². The van der Waals surface area contributed by atoms with Gasteiger partial charge in [-0.25, -0.2) is 4.79 Å². The van der Waals surface area contributed by atoms with Crippen molar-refractivity contribution in [3.63, 3.8) is 0 Å². The molecular formula is C22H27N5O3. The van der Waals surface area contributed by atoms with Gasteiger partial charge in [-0.3, -0.25) is 10.00 Å². The van der Waals surface area contributed by atoms with Crippen LogP contribution in [0.4, 0.5) is 10.5 Å². The van der Waals surface area contributed by atoms with Gasteiger partial charge in [0, 0.05) is 24.0 Å². The molecule has 1 heterocycles. The van der Waals surface area contributed by atoms with Gasteiger partial charge in [0.2, 0.25) is 0 Å². The third kappa shape index (κ3) is 5.16. The molecule has 30 heavy (non-hydrogen) atoms. The Balaban J connectivity index is 1.78. The molecule has 1 unspecified atom stereocenters. The Hall–Kier alpha value is -3.36. The summed E-state index contributed by atoms with van der Waals surface area (Å²) in [7, 11) is 1.58. The number of aliphatic hydroxyl groups is 1. The summed E-state index contributed by atoms with van der Waals surface area (Å²) in [6.07, 6.45) is 4.21. The van der Waals surface area contributed by atoms with Crippen molar-refractivity contribution in [3.05, 3.63) is 66.5 Å². The van der Waals surface area contributed by atoms with Crippen molar-refractivity contribution >= 4 is 11.7 Å². The summed E-state index contributed by atoms with van der Waals surface area (Å²) in [4.78, 5) is 14.7. The molecule has 0 saturated heterocycles. The normalized spacial score (nSPS) is 11.7. The number of benzene rings is 2. The van der Waals surface area contributed by atoms with Gasteiger partial charge in [0.05, 0.1) is 26.0 Å². The number of H-pyrrole nitrogens is 1. The molecule has 0 bridgehead atoms. The van der Waals surface area contributed by atoms with Crippen LogP contribution in [0.25, 0.3) is 11.1 Å². The second-order valence-electron chi connectivity index (χ2n) is 6.79. The maximum absolute atomic E-state index is 13.1. The number of rotatable bonds is 9. The average molecular weight is 409 g/mol. The number of hydrogen-bond acceptors (Lipinski definition) is 5. The Morgan fingerprint density at radius 3 is 2.70 bits per heavy atom. The molecule has 0 radical (unpaired) electrons. The van der Waals surface area contributed by atoms with E-state index in [-0.39, 0.29) is 12.6 Å². The lowest BCUT2D eigenvalue weighted by atomic mass is 10.1. The lowest BCUT2D eigenvalue weighted by Crippen LogP contribution is -2.43. The van der Waals surface area contributed by atoms with Crippen molar-refractivity contribution in [1.29, 1.82) is 0 Å². The van der Waals surface area contributed by atoms with Gasteiger partial charge in [0.25, 0.3) is 0 Å². The zero-order chi connectivity index (χ0) is 21.3. The Bertz CT molecular complexity index is 928. The highest BCUT2D eigenvalue weighted by Crippen LogP contribution is 2.24. The van der Waals surface area contributed by atoms with Gasteiger partial charge in [0.1, 0.15) is 5.75 Å². The molecule has 0 fully saturated rings. The molecule has 5 N–H and O–H groups in total. The minimum Gasteiger partial charge on any atom is -0.497 e. The van der Waals surface area contributed by atoms with Crippen molar-refractivity contribution < 1.29 is 14.6 Å². The highest BCUT2D eigenvalue weighted by Gasteiger charge is 2.20. The van der Waals surface area contributed by atoms with Crippen LogP contribution in [0.3, 0.4) is 0 Å². The molecule has 0 aliphatic heterocycles. The number of carbonyl (C=O) groups excluding carboxylic acids is 1. The first-order valence-electron chi connectivity index (χ1n) is 9.78. The Morgan fingerprint density at radius 2 is 2.07 bits per heavy atom. The van der Waals surface area contributed by atoms with E-state index in [1.165, 1.54) is 0 Å². The summed E-state index contributed by atoms with van der Waals surface area (Å²) in [6.45, 7) is 0.697. The van der Waals surface area contributed by atoms with Crippen molar-refractivity contribution in [2.75, 3.05) is 31.7 Å². The fourth-order valence-corrected chi connectivity index (χ4v) is 3.16. The molecule has 0 aliphatic rings. The van der Waals surface area contributed by atoms with Crippen LogP contribution in [0.5, 0.6) is 5.75 Å². The molecule has 8 nitrogen and oxygen atoms in total. The SMILES string of the molecule is COc1cccc(C(CO)NC(=O)N(CCCN)c2ccc(-c3cn[nH]c3)cc2)c1. The summed E-state index contributed by atoms with van der Waals surface area (Å²) < 4.78 is 5.24. The quantitative estimate of drug-likeness (QED) is 0.434. The summed E-state index contributed by atoms with van der Waals surface area (Å²) in [5.41, 5.74) is 9.15. The van der Waals surface area contributed by atoms with E-state index < -0.39 is 6.04 Å². The van der Waals surface area contributed by atoms with E-state index in [0.717, 1.165) is 22.4 Å². The molecule has 3 rings (SSSR count). The number of amides is 2. The summed E-state index contributed by atoms with van der Waals surface area (Å²) in [5, 5.41) is 19.5. The first-order chi connectivity index (χ1) is 14.7. The van der Waals surface area contributed by atoms with Gasteiger partial charge in [-0.15, -0.1) is 0 Å². The molecule has 2 aromatic carbocycles. The van der Waals surface area contributed by atoms with E-state index in [2.05, 4.69) is 15.5 Å². The number of aromatic nitrogens is 2. The molecule has 2 amide bonds. The second kappa shape index (κ2) is 10.4. The number of hydrogen-bond donors (Lipinski definition) is 4. The second-order valence-corrected chi connectivity index (χ2v) is 6.79.